The van der Waals surface area contributed by atoms with Gasteiger partial charge in [-0.25, -0.2) is 0 Å². The normalized spacial score (nSPS) is 15.7. The maximum atomic E-state index is 12.2. The Morgan fingerprint density at radius 3 is 2.74 bits per heavy atom. The zero-order chi connectivity index (χ0) is 13.8. The zero-order valence-corrected chi connectivity index (χ0v) is 13.3. The van der Waals surface area contributed by atoms with Crippen molar-refractivity contribution in [1.29, 1.82) is 0 Å². The molecule has 4 nitrogen and oxygen atoms in total. The molecule has 19 heavy (non-hydrogen) atoms. The zero-order valence-electron chi connectivity index (χ0n) is 11.1. The number of likely N-dealkylation sites (tertiary alicyclic amines) is 1. The SMILES string of the molecule is CN(CCN1CCCC1)C(=O)c1ccc(I)c(O)c1. The molecule has 0 aromatic heterocycles. The topological polar surface area (TPSA) is 43.8 Å². The summed E-state index contributed by atoms with van der Waals surface area (Å²) in [4.78, 5) is 16.3. The van der Waals surface area contributed by atoms with Gasteiger partial charge in [-0.15, -0.1) is 0 Å². The molecule has 0 atom stereocenters. The van der Waals surface area contributed by atoms with E-state index >= 15 is 0 Å². The standard InChI is InChI=1S/C14H19IN2O2/c1-16(8-9-17-6-2-3-7-17)14(19)11-4-5-12(15)13(18)10-11/h4-5,10,18H,2-3,6-9H2,1H3. The van der Waals surface area contributed by atoms with Gasteiger partial charge in [0, 0.05) is 25.7 Å². The molecule has 0 aliphatic carbocycles. The third-order valence-electron chi connectivity index (χ3n) is 3.49. The summed E-state index contributed by atoms with van der Waals surface area (Å²) in [6.07, 6.45) is 2.53. The average Bonchev–Trinajstić information content (AvgIpc) is 2.91. The molecule has 1 aliphatic rings. The molecule has 1 fully saturated rings. The molecule has 1 saturated heterocycles. The molecule has 1 aromatic carbocycles. The van der Waals surface area contributed by atoms with Crippen molar-refractivity contribution in [1.82, 2.24) is 9.80 Å². The average molecular weight is 374 g/mol. The largest absolute Gasteiger partial charge is 0.507 e. The molecule has 0 radical (unpaired) electrons. The molecule has 0 spiro atoms. The lowest BCUT2D eigenvalue weighted by atomic mass is 10.2. The Labute approximate surface area is 127 Å². The minimum Gasteiger partial charge on any atom is -0.507 e. The van der Waals surface area contributed by atoms with Crippen molar-refractivity contribution in [2.24, 2.45) is 0 Å². The van der Waals surface area contributed by atoms with Crippen molar-refractivity contribution in [3.8, 4) is 5.75 Å². The third kappa shape index (κ3) is 3.82. The van der Waals surface area contributed by atoms with Gasteiger partial charge >= 0.3 is 0 Å². The Hall–Kier alpha value is -0.820. The van der Waals surface area contributed by atoms with E-state index in [2.05, 4.69) is 4.90 Å². The smallest absolute Gasteiger partial charge is 0.253 e. The maximum absolute atomic E-state index is 12.2. The molecule has 2 rings (SSSR count). The van der Waals surface area contributed by atoms with Crippen LogP contribution >= 0.6 is 22.6 Å². The molecule has 1 aromatic rings. The molecule has 1 N–H and O–H groups in total. The summed E-state index contributed by atoms with van der Waals surface area (Å²) >= 11 is 2.04. The van der Waals surface area contributed by atoms with Crippen LogP contribution in [0, 0.1) is 3.57 Å². The molecular weight excluding hydrogens is 355 g/mol. The first-order valence-corrected chi connectivity index (χ1v) is 7.62. The van der Waals surface area contributed by atoms with Crippen LogP contribution in [0.4, 0.5) is 0 Å². The van der Waals surface area contributed by atoms with Crippen LogP contribution in [0.25, 0.3) is 0 Å². The van der Waals surface area contributed by atoms with E-state index in [-0.39, 0.29) is 11.7 Å². The summed E-state index contributed by atoms with van der Waals surface area (Å²) in [5.74, 6) is 0.130. The van der Waals surface area contributed by atoms with Crippen molar-refractivity contribution in [2.45, 2.75) is 12.8 Å². The number of rotatable bonds is 4. The van der Waals surface area contributed by atoms with Gasteiger partial charge in [-0.2, -0.15) is 0 Å². The molecule has 1 amide bonds. The van der Waals surface area contributed by atoms with Gasteiger partial charge in [-0.05, 0) is 66.7 Å². The third-order valence-corrected chi connectivity index (χ3v) is 4.40. The molecular formula is C14H19IN2O2. The highest BCUT2D eigenvalue weighted by Gasteiger charge is 2.16. The number of hydrogen-bond acceptors (Lipinski definition) is 3. The number of benzene rings is 1. The van der Waals surface area contributed by atoms with Gasteiger partial charge in [-0.3, -0.25) is 4.79 Å². The van der Waals surface area contributed by atoms with E-state index in [1.807, 2.05) is 29.6 Å². The van der Waals surface area contributed by atoms with Gasteiger partial charge in [0.05, 0.1) is 3.57 Å². The Bertz CT molecular complexity index is 459. The van der Waals surface area contributed by atoms with Crippen molar-refractivity contribution in [3.63, 3.8) is 0 Å². The first kappa shape index (κ1) is 14.6. The Balaban J connectivity index is 1.92. The number of hydrogen-bond donors (Lipinski definition) is 1. The Morgan fingerprint density at radius 2 is 2.11 bits per heavy atom. The van der Waals surface area contributed by atoms with Gasteiger partial charge in [0.25, 0.3) is 5.91 Å². The van der Waals surface area contributed by atoms with E-state index < -0.39 is 0 Å². The van der Waals surface area contributed by atoms with Gasteiger partial charge in [0.15, 0.2) is 0 Å². The second-order valence-electron chi connectivity index (χ2n) is 4.94. The molecule has 5 heteroatoms. The number of halogens is 1. The number of carbonyl (C=O) groups excluding carboxylic acids is 1. The Kier molecular flexibility index (Phi) is 5.04. The van der Waals surface area contributed by atoms with Crippen LogP contribution < -0.4 is 0 Å². The van der Waals surface area contributed by atoms with Gasteiger partial charge in [0.1, 0.15) is 5.75 Å². The molecule has 1 aliphatic heterocycles. The van der Waals surface area contributed by atoms with Crippen LogP contribution in [-0.2, 0) is 0 Å². The lowest BCUT2D eigenvalue weighted by Crippen LogP contribution is -2.35. The number of nitrogens with zero attached hydrogens (tertiary/aromatic N) is 2. The summed E-state index contributed by atoms with van der Waals surface area (Å²) in [6, 6.07) is 5.06. The Morgan fingerprint density at radius 1 is 1.42 bits per heavy atom. The van der Waals surface area contributed by atoms with E-state index in [9.17, 15) is 9.90 Å². The van der Waals surface area contributed by atoms with E-state index in [1.165, 1.54) is 18.9 Å². The predicted molar refractivity (Wildman–Crippen MR) is 83.5 cm³/mol. The van der Waals surface area contributed by atoms with E-state index in [4.69, 9.17) is 0 Å². The van der Waals surface area contributed by atoms with Crippen LogP contribution in [0.5, 0.6) is 5.75 Å². The maximum Gasteiger partial charge on any atom is 0.253 e. The number of amides is 1. The second-order valence-corrected chi connectivity index (χ2v) is 6.10. The predicted octanol–water partition coefficient (Wildman–Crippen LogP) is 2.16. The van der Waals surface area contributed by atoms with E-state index in [1.54, 1.807) is 17.0 Å². The molecule has 1 heterocycles. The van der Waals surface area contributed by atoms with E-state index in [0.29, 0.717) is 5.56 Å². The summed E-state index contributed by atoms with van der Waals surface area (Å²) < 4.78 is 0.758. The molecule has 0 bridgehead atoms. The summed E-state index contributed by atoms with van der Waals surface area (Å²) in [6.45, 7) is 3.95. The van der Waals surface area contributed by atoms with Crippen LogP contribution in [0.15, 0.2) is 18.2 Å². The number of likely N-dealkylation sites (N-methyl/N-ethyl adjacent to an activating group) is 1. The number of aromatic hydroxyl groups is 1. The van der Waals surface area contributed by atoms with Crippen LogP contribution in [-0.4, -0.2) is 54.0 Å². The summed E-state index contributed by atoms with van der Waals surface area (Å²) in [7, 11) is 1.81. The van der Waals surface area contributed by atoms with Crippen LogP contribution in [0.2, 0.25) is 0 Å². The van der Waals surface area contributed by atoms with Gasteiger partial charge in [-0.1, -0.05) is 0 Å². The highest BCUT2D eigenvalue weighted by Crippen LogP contribution is 2.21. The monoisotopic (exact) mass is 374 g/mol. The molecule has 104 valence electrons. The van der Waals surface area contributed by atoms with Crippen molar-refractivity contribution in [3.05, 3.63) is 27.3 Å². The van der Waals surface area contributed by atoms with E-state index in [0.717, 1.165) is 29.7 Å². The first-order chi connectivity index (χ1) is 9.08. The summed E-state index contributed by atoms with van der Waals surface area (Å²) in [5.41, 5.74) is 0.543. The number of carbonyl (C=O) groups is 1. The van der Waals surface area contributed by atoms with Crippen molar-refractivity contribution < 1.29 is 9.90 Å². The van der Waals surface area contributed by atoms with Crippen molar-refractivity contribution >= 4 is 28.5 Å². The highest BCUT2D eigenvalue weighted by molar-refractivity contribution is 14.1. The fraction of sp³-hybridized carbons (Fsp3) is 0.500. The fourth-order valence-corrected chi connectivity index (χ4v) is 2.60. The van der Waals surface area contributed by atoms with Gasteiger partial charge in [0.2, 0.25) is 0 Å². The van der Waals surface area contributed by atoms with Crippen LogP contribution in [0.1, 0.15) is 23.2 Å². The first-order valence-electron chi connectivity index (χ1n) is 6.54. The minimum atomic E-state index is -0.0362. The fourth-order valence-electron chi connectivity index (χ4n) is 2.27. The number of phenolic OH excluding ortho intramolecular Hbond substituents is 1. The highest BCUT2D eigenvalue weighted by atomic mass is 127. The lowest BCUT2D eigenvalue weighted by molar-refractivity contribution is 0.0782. The lowest BCUT2D eigenvalue weighted by Gasteiger charge is -2.21. The quantitative estimate of drug-likeness (QED) is 0.822. The number of phenols is 1. The molecule has 0 saturated carbocycles. The van der Waals surface area contributed by atoms with Crippen LogP contribution in [0.3, 0.4) is 0 Å². The minimum absolute atomic E-state index is 0.0362. The van der Waals surface area contributed by atoms with Crippen molar-refractivity contribution in [2.75, 3.05) is 33.2 Å². The van der Waals surface area contributed by atoms with Gasteiger partial charge < -0.3 is 14.9 Å². The second kappa shape index (κ2) is 6.56. The summed E-state index contributed by atoms with van der Waals surface area (Å²) in [5, 5.41) is 9.65. The molecule has 0 unspecified atom stereocenters.